The molecule has 0 bridgehead atoms. The smallest absolute Gasteiger partial charge is 0.359 e. The molecule has 3 N–H and O–H groups in total. The molecule has 0 saturated carbocycles. The van der Waals surface area contributed by atoms with Crippen molar-refractivity contribution in [3.8, 4) is 0 Å². The van der Waals surface area contributed by atoms with Crippen LogP contribution in [0.5, 0.6) is 0 Å². The molecular formula is C17H35N4O3+. The number of likely N-dealkylation sites (N-methyl/N-ethyl adjacent to an activating group) is 1. The molecule has 0 radical (unpaired) electrons. The van der Waals surface area contributed by atoms with Crippen LogP contribution in [0.25, 0.3) is 0 Å². The molecule has 24 heavy (non-hydrogen) atoms. The number of quaternary nitrogens is 1. The average molecular weight is 343 g/mol. The molecule has 1 rings (SSSR count). The molecule has 1 saturated heterocycles. The number of carboxylic acids is 1. The highest BCUT2D eigenvalue weighted by molar-refractivity contribution is 5.76. The lowest BCUT2D eigenvalue weighted by Gasteiger charge is -2.37. The lowest BCUT2D eigenvalue weighted by atomic mass is 10.2. The van der Waals surface area contributed by atoms with Gasteiger partial charge in [-0.15, -0.1) is 0 Å². The summed E-state index contributed by atoms with van der Waals surface area (Å²) in [5.74, 6) is -0.607. The van der Waals surface area contributed by atoms with Crippen molar-refractivity contribution in [1.82, 2.24) is 9.80 Å². The number of hydrogen-bond donors (Lipinski definition) is 2. The molecule has 0 spiro atoms. The maximum atomic E-state index is 12.4. The number of amides is 1. The van der Waals surface area contributed by atoms with Crippen LogP contribution in [0.3, 0.4) is 0 Å². The lowest BCUT2D eigenvalue weighted by molar-refractivity contribution is -0.902. The Balaban J connectivity index is 2.38. The van der Waals surface area contributed by atoms with Crippen LogP contribution in [0, 0.1) is 0 Å². The molecule has 7 heteroatoms. The Kier molecular flexibility index (Phi) is 8.66. The second kappa shape index (κ2) is 9.96. The van der Waals surface area contributed by atoms with E-state index in [4.69, 9.17) is 10.8 Å². The van der Waals surface area contributed by atoms with Gasteiger partial charge in [-0.05, 0) is 20.4 Å². The van der Waals surface area contributed by atoms with Crippen LogP contribution in [0.15, 0.2) is 0 Å². The van der Waals surface area contributed by atoms with E-state index in [-0.39, 0.29) is 12.5 Å². The molecule has 7 nitrogen and oxygen atoms in total. The summed E-state index contributed by atoms with van der Waals surface area (Å²) in [4.78, 5) is 27.8. The first-order valence-corrected chi connectivity index (χ1v) is 9.04. The monoisotopic (exact) mass is 343 g/mol. The van der Waals surface area contributed by atoms with Gasteiger partial charge in [0.25, 0.3) is 0 Å². The van der Waals surface area contributed by atoms with Crippen LogP contribution < -0.4 is 5.73 Å². The Morgan fingerprint density at radius 1 is 1.12 bits per heavy atom. The van der Waals surface area contributed by atoms with Gasteiger partial charge in [0.05, 0.1) is 20.1 Å². The van der Waals surface area contributed by atoms with Crippen molar-refractivity contribution in [3.63, 3.8) is 0 Å². The fourth-order valence-corrected chi connectivity index (χ4v) is 3.33. The number of carboxylic acid groups (broad SMARTS) is 1. The molecule has 0 aromatic heterocycles. The molecule has 1 amide bonds. The van der Waals surface area contributed by atoms with E-state index in [1.54, 1.807) is 0 Å². The van der Waals surface area contributed by atoms with Gasteiger partial charge in [0.15, 0.2) is 6.54 Å². The van der Waals surface area contributed by atoms with Gasteiger partial charge in [0.1, 0.15) is 0 Å². The molecule has 1 aliphatic rings. The number of hydrogen-bond acceptors (Lipinski definition) is 4. The SMILES string of the molecule is CC(C)N1CCN(C(=O)CCC[N+](C)(CCCN)CC(=O)O)CC1. The lowest BCUT2D eigenvalue weighted by Crippen LogP contribution is -2.51. The predicted octanol–water partition coefficient (Wildman–Crippen LogP) is 0.199. The van der Waals surface area contributed by atoms with Gasteiger partial charge >= 0.3 is 5.97 Å². The number of carbonyl (C=O) groups excluding carboxylic acids is 1. The highest BCUT2D eigenvalue weighted by Crippen LogP contribution is 2.11. The van der Waals surface area contributed by atoms with E-state index >= 15 is 0 Å². The summed E-state index contributed by atoms with van der Waals surface area (Å²) in [5, 5.41) is 9.10. The first-order valence-electron chi connectivity index (χ1n) is 9.04. The van der Waals surface area contributed by atoms with Gasteiger partial charge in [-0.3, -0.25) is 9.69 Å². The van der Waals surface area contributed by atoms with E-state index in [1.807, 2.05) is 11.9 Å². The fraction of sp³-hybridized carbons (Fsp3) is 0.882. The van der Waals surface area contributed by atoms with Gasteiger partial charge in [-0.25, -0.2) is 4.79 Å². The number of nitrogens with zero attached hydrogens (tertiary/aromatic N) is 3. The largest absolute Gasteiger partial charge is 0.477 e. The molecule has 1 atom stereocenters. The molecule has 1 aliphatic heterocycles. The number of aliphatic carboxylic acids is 1. The van der Waals surface area contributed by atoms with E-state index in [0.29, 0.717) is 30.0 Å². The van der Waals surface area contributed by atoms with Crippen molar-refractivity contribution in [2.45, 2.75) is 39.2 Å². The summed E-state index contributed by atoms with van der Waals surface area (Å²) < 4.78 is 0.445. The first kappa shape index (κ1) is 20.9. The standard InChI is InChI=1S/C17H34N4O3/c1-15(2)19-8-10-20(11-9-19)16(22)6-4-12-21(3,13-5-7-18)14-17(23)24/h15H,4-14,18H2,1-3H3/p+1. The molecular weight excluding hydrogens is 308 g/mol. The van der Waals surface area contributed by atoms with E-state index in [1.165, 1.54) is 0 Å². The van der Waals surface area contributed by atoms with Crippen molar-refractivity contribution in [3.05, 3.63) is 0 Å². The number of carbonyl (C=O) groups is 2. The Morgan fingerprint density at radius 2 is 1.71 bits per heavy atom. The molecule has 140 valence electrons. The first-order chi connectivity index (χ1) is 11.3. The zero-order chi connectivity index (χ0) is 18.2. The van der Waals surface area contributed by atoms with E-state index in [2.05, 4.69) is 18.7 Å². The summed E-state index contributed by atoms with van der Waals surface area (Å²) in [6.45, 7) is 9.91. The van der Waals surface area contributed by atoms with Crippen LogP contribution in [-0.4, -0.2) is 96.7 Å². The number of rotatable bonds is 10. The summed E-state index contributed by atoms with van der Waals surface area (Å²) in [6, 6.07) is 0.527. The van der Waals surface area contributed by atoms with Gasteiger partial charge in [-0.1, -0.05) is 0 Å². The van der Waals surface area contributed by atoms with Crippen molar-refractivity contribution in [2.75, 3.05) is 59.4 Å². The van der Waals surface area contributed by atoms with Crippen LogP contribution in [-0.2, 0) is 9.59 Å². The minimum absolute atomic E-state index is 0.0846. The van der Waals surface area contributed by atoms with Gasteiger partial charge in [0, 0.05) is 51.5 Å². The Morgan fingerprint density at radius 3 is 2.21 bits per heavy atom. The third-order valence-corrected chi connectivity index (χ3v) is 4.90. The fourth-order valence-electron chi connectivity index (χ4n) is 3.33. The summed E-state index contributed by atoms with van der Waals surface area (Å²) in [7, 11) is 1.94. The van der Waals surface area contributed by atoms with Crippen molar-refractivity contribution >= 4 is 11.9 Å². The summed E-state index contributed by atoms with van der Waals surface area (Å²) in [6.07, 6.45) is 2.02. The number of nitrogens with two attached hydrogens (primary N) is 1. The third kappa shape index (κ3) is 7.15. The molecule has 0 aromatic carbocycles. The van der Waals surface area contributed by atoms with Crippen molar-refractivity contribution in [2.24, 2.45) is 5.73 Å². The Hall–Kier alpha value is -1.18. The van der Waals surface area contributed by atoms with Crippen LogP contribution >= 0.6 is 0 Å². The maximum absolute atomic E-state index is 12.4. The predicted molar refractivity (Wildman–Crippen MR) is 94.6 cm³/mol. The van der Waals surface area contributed by atoms with Crippen LogP contribution in [0.1, 0.15) is 33.1 Å². The van der Waals surface area contributed by atoms with Crippen LogP contribution in [0.4, 0.5) is 0 Å². The third-order valence-electron chi connectivity index (χ3n) is 4.90. The maximum Gasteiger partial charge on any atom is 0.359 e. The van der Waals surface area contributed by atoms with Gasteiger partial charge in [0.2, 0.25) is 5.91 Å². The zero-order valence-electron chi connectivity index (χ0n) is 15.5. The topological polar surface area (TPSA) is 86.9 Å². The van der Waals surface area contributed by atoms with Crippen molar-refractivity contribution in [1.29, 1.82) is 0 Å². The molecule has 1 heterocycles. The van der Waals surface area contributed by atoms with E-state index in [9.17, 15) is 9.59 Å². The highest BCUT2D eigenvalue weighted by atomic mass is 16.4. The van der Waals surface area contributed by atoms with Crippen molar-refractivity contribution < 1.29 is 19.2 Å². The minimum Gasteiger partial charge on any atom is -0.477 e. The molecule has 0 aromatic rings. The zero-order valence-corrected chi connectivity index (χ0v) is 15.5. The highest BCUT2D eigenvalue weighted by Gasteiger charge is 2.26. The quantitative estimate of drug-likeness (QED) is 0.553. The summed E-state index contributed by atoms with van der Waals surface area (Å²) in [5.41, 5.74) is 5.55. The average Bonchev–Trinajstić information content (AvgIpc) is 2.52. The second-order valence-electron chi connectivity index (χ2n) is 7.37. The Labute approximate surface area is 146 Å². The van der Waals surface area contributed by atoms with Gasteiger partial charge < -0.3 is 20.2 Å². The second-order valence-corrected chi connectivity index (χ2v) is 7.37. The number of piperazine rings is 1. The van der Waals surface area contributed by atoms with Gasteiger partial charge in [-0.2, -0.15) is 0 Å². The summed E-state index contributed by atoms with van der Waals surface area (Å²) >= 11 is 0. The minimum atomic E-state index is -0.800. The molecule has 1 fully saturated rings. The normalized spacial score (nSPS) is 18.6. The van der Waals surface area contributed by atoms with E-state index < -0.39 is 5.97 Å². The van der Waals surface area contributed by atoms with E-state index in [0.717, 1.165) is 45.6 Å². The molecule has 1 unspecified atom stereocenters. The molecule has 0 aliphatic carbocycles. The Bertz CT molecular complexity index is 409. The van der Waals surface area contributed by atoms with Crippen LogP contribution in [0.2, 0.25) is 0 Å².